The second-order valence-electron chi connectivity index (χ2n) is 4.09. The highest BCUT2D eigenvalue weighted by Crippen LogP contribution is 2.17. The Hall–Kier alpha value is -3.04. The molecular weight excluding hydrogens is 283 g/mol. The molecule has 0 aliphatic carbocycles. The molecule has 2 amide bonds. The summed E-state index contributed by atoms with van der Waals surface area (Å²) in [6, 6.07) is 1.69. The first-order valence-electron chi connectivity index (χ1n) is 5.81. The number of rotatable bonds is 4. The van der Waals surface area contributed by atoms with E-state index in [0.29, 0.717) is 0 Å². The average Bonchev–Trinajstić information content (AvgIpc) is 2.91. The van der Waals surface area contributed by atoms with E-state index in [1.165, 1.54) is 0 Å². The van der Waals surface area contributed by atoms with Crippen LogP contribution in [0.3, 0.4) is 0 Å². The zero-order valence-corrected chi connectivity index (χ0v) is 10.8. The van der Waals surface area contributed by atoms with Gasteiger partial charge in [-0.25, -0.2) is 14.0 Å². The molecule has 0 aliphatic heterocycles. The summed E-state index contributed by atoms with van der Waals surface area (Å²) in [7, 11) is 0. The first-order chi connectivity index (χ1) is 9.97. The standard InChI is InChI=1S/C11H11FN6O3/c1-5(9-15-17-18-16-9)13-11(21)14-8-4-6(12)2-3-7(8)10(19)20/h2-5H,1H3,(H,19,20)(H2,13,14,21)(H,15,16,17,18). The second kappa shape index (κ2) is 5.94. The van der Waals surface area contributed by atoms with E-state index in [2.05, 4.69) is 31.3 Å². The van der Waals surface area contributed by atoms with Crippen LogP contribution in [0, 0.1) is 5.82 Å². The van der Waals surface area contributed by atoms with Gasteiger partial charge in [-0.3, -0.25) is 0 Å². The van der Waals surface area contributed by atoms with Gasteiger partial charge in [0, 0.05) is 0 Å². The number of benzene rings is 1. The molecule has 0 bridgehead atoms. The number of nitrogens with zero attached hydrogens (tertiary/aromatic N) is 3. The van der Waals surface area contributed by atoms with Crippen molar-refractivity contribution in [3.63, 3.8) is 0 Å². The molecule has 1 atom stereocenters. The number of aromatic amines is 1. The Morgan fingerprint density at radius 3 is 2.81 bits per heavy atom. The fourth-order valence-corrected chi connectivity index (χ4v) is 1.58. The van der Waals surface area contributed by atoms with E-state index in [1.807, 2.05) is 0 Å². The third kappa shape index (κ3) is 3.49. The molecule has 1 aromatic carbocycles. The molecule has 4 N–H and O–H groups in total. The van der Waals surface area contributed by atoms with Crippen molar-refractivity contribution in [2.75, 3.05) is 5.32 Å². The molecule has 0 aliphatic rings. The lowest BCUT2D eigenvalue weighted by Crippen LogP contribution is -2.32. The lowest BCUT2D eigenvalue weighted by molar-refractivity contribution is 0.0698. The molecule has 0 fully saturated rings. The third-order valence-corrected chi connectivity index (χ3v) is 2.56. The Morgan fingerprint density at radius 2 is 2.19 bits per heavy atom. The first-order valence-corrected chi connectivity index (χ1v) is 5.81. The fraction of sp³-hybridized carbons (Fsp3) is 0.182. The number of aromatic nitrogens is 4. The second-order valence-corrected chi connectivity index (χ2v) is 4.09. The van der Waals surface area contributed by atoms with Crippen molar-refractivity contribution in [3.05, 3.63) is 35.4 Å². The van der Waals surface area contributed by atoms with E-state index in [1.54, 1.807) is 6.92 Å². The summed E-state index contributed by atoms with van der Waals surface area (Å²) in [5.41, 5.74) is -0.376. The SMILES string of the molecule is CC(NC(=O)Nc1cc(F)ccc1C(=O)O)c1nn[nH]n1. The summed E-state index contributed by atoms with van der Waals surface area (Å²) < 4.78 is 13.1. The van der Waals surface area contributed by atoms with Gasteiger partial charge < -0.3 is 15.7 Å². The molecule has 2 rings (SSSR count). The van der Waals surface area contributed by atoms with Crippen LogP contribution in [0.25, 0.3) is 0 Å². The number of hydrogen-bond donors (Lipinski definition) is 4. The molecule has 0 saturated heterocycles. The molecule has 0 spiro atoms. The van der Waals surface area contributed by atoms with Crippen LogP contribution >= 0.6 is 0 Å². The Morgan fingerprint density at radius 1 is 1.43 bits per heavy atom. The molecule has 0 radical (unpaired) electrons. The molecule has 0 saturated carbocycles. The zero-order chi connectivity index (χ0) is 15.4. The number of halogens is 1. The number of carbonyl (C=O) groups is 2. The molecule has 9 nitrogen and oxygen atoms in total. The largest absolute Gasteiger partial charge is 0.478 e. The number of nitrogens with one attached hydrogen (secondary N) is 3. The summed E-state index contributed by atoms with van der Waals surface area (Å²) in [4.78, 5) is 22.8. The highest BCUT2D eigenvalue weighted by atomic mass is 19.1. The molecule has 21 heavy (non-hydrogen) atoms. The minimum absolute atomic E-state index is 0.152. The number of urea groups is 1. The van der Waals surface area contributed by atoms with Crippen LogP contribution in [0.15, 0.2) is 18.2 Å². The number of aromatic carboxylic acids is 1. The summed E-state index contributed by atoms with van der Waals surface area (Å²) in [5.74, 6) is -1.69. The molecule has 1 aromatic heterocycles. The number of carboxylic acids is 1. The molecular formula is C11H11FN6O3. The number of anilines is 1. The van der Waals surface area contributed by atoms with Crippen LogP contribution in [0.4, 0.5) is 14.9 Å². The van der Waals surface area contributed by atoms with E-state index < -0.39 is 23.9 Å². The number of H-pyrrole nitrogens is 1. The summed E-state index contributed by atoms with van der Waals surface area (Å²) in [6.45, 7) is 1.61. The van der Waals surface area contributed by atoms with Crippen molar-refractivity contribution in [2.45, 2.75) is 13.0 Å². The highest BCUT2D eigenvalue weighted by molar-refractivity contribution is 6.00. The van der Waals surface area contributed by atoms with Crippen molar-refractivity contribution >= 4 is 17.7 Å². The molecule has 1 unspecified atom stereocenters. The normalized spacial score (nSPS) is 11.7. The minimum atomic E-state index is -1.28. The van der Waals surface area contributed by atoms with Gasteiger partial charge in [0.05, 0.1) is 17.3 Å². The van der Waals surface area contributed by atoms with Gasteiger partial charge in [0.1, 0.15) is 5.82 Å². The van der Waals surface area contributed by atoms with E-state index >= 15 is 0 Å². The van der Waals surface area contributed by atoms with E-state index in [-0.39, 0.29) is 17.1 Å². The highest BCUT2D eigenvalue weighted by Gasteiger charge is 2.16. The van der Waals surface area contributed by atoms with E-state index in [0.717, 1.165) is 18.2 Å². The smallest absolute Gasteiger partial charge is 0.337 e. The number of hydrogen-bond acceptors (Lipinski definition) is 5. The Labute approximate surface area is 117 Å². The predicted molar refractivity (Wildman–Crippen MR) is 68.1 cm³/mol. The Bertz CT molecular complexity index is 660. The maximum atomic E-state index is 13.1. The van der Waals surface area contributed by atoms with Gasteiger partial charge in [0.15, 0.2) is 5.82 Å². The maximum Gasteiger partial charge on any atom is 0.337 e. The van der Waals surface area contributed by atoms with Gasteiger partial charge in [0.2, 0.25) is 0 Å². The van der Waals surface area contributed by atoms with Crippen molar-refractivity contribution in [3.8, 4) is 0 Å². The number of carbonyl (C=O) groups excluding carboxylic acids is 1. The summed E-state index contributed by atoms with van der Waals surface area (Å²) in [6.07, 6.45) is 0. The lowest BCUT2D eigenvalue weighted by atomic mass is 10.2. The molecule has 110 valence electrons. The van der Waals surface area contributed by atoms with Gasteiger partial charge >= 0.3 is 12.0 Å². The minimum Gasteiger partial charge on any atom is -0.478 e. The number of carboxylic acid groups (broad SMARTS) is 1. The lowest BCUT2D eigenvalue weighted by Gasteiger charge is -2.12. The zero-order valence-electron chi connectivity index (χ0n) is 10.8. The van der Waals surface area contributed by atoms with Crippen LogP contribution in [-0.2, 0) is 0 Å². The van der Waals surface area contributed by atoms with Crippen molar-refractivity contribution in [1.82, 2.24) is 25.9 Å². The number of amides is 2. The fourth-order valence-electron chi connectivity index (χ4n) is 1.58. The Balaban J connectivity index is 2.09. The van der Waals surface area contributed by atoms with E-state index in [4.69, 9.17) is 5.11 Å². The van der Waals surface area contributed by atoms with Crippen molar-refractivity contribution in [2.24, 2.45) is 0 Å². The quantitative estimate of drug-likeness (QED) is 0.662. The molecule has 1 heterocycles. The van der Waals surface area contributed by atoms with Gasteiger partial charge in [0.25, 0.3) is 0 Å². The molecule has 10 heteroatoms. The van der Waals surface area contributed by atoms with E-state index in [9.17, 15) is 14.0 Å². The number of tetrazole rings is 1. The van der Waals surface area contributed by atoms with Crippen LogP contribution < -0.4 is 10.6 Å². The van der Waals surface area contributed by atoms with Gasteiger partial charge in [-0.2, -0.15) is 5.21 Å². The average molecular weight is 294 g/mol. The Kier molecular flexibility index (Phi) is 4.07. The van der Waals surface area contributed by atoms with Crippen LogP contribution in [0.2, 0.25) is 0 Å². The first kappa shape index (κ1) is 14.4. The monoisotopic (exact) mass is 294 g/mol. The maximum absolute atomic E-state index is 13.1. The van der Waals surface area contributed by atoms with Crippen molar-refractivity contribution < 1.29 is 19.1 Å². The van der Waals surface area contributed by atoms with Crippen molar-refractivity contribution in [1.29, 1.82) is 0 Å². The van der Waals surface area contributed by atoms with Crippen LogP contribution in [0.1, 0.15) is 29.1 Å². The topological polar surface area (TPSA) is 133 Å². The summed E-state index contributed by atoms with van der Waals surface area (Å²) in [5, 5.41) is 26.7. The summed E-state index contributed by atoms with van der Waals surface area (Å²) >= 11 is 0. The van der Waals surface area contributed by atoms with Gasteiger partial charge in [-0.15, -0.1) is 10.2 Å². The van der Waals surface area contributed by atoms with Gasteiger partial charge in [-0.05, 0) is 25.1 Å². The molecule has 2 aromatic rings. The van der Waals surface area contributed by atoms with Crippen LogP contribution in [-0.4, -0.2) is 37.7 Å². The van der Waals surface area contributed by atoms with Crippen LogP contribution in [0.5, 0.6) is 0 Å². The third-order valence-electron chi connectivity index (χ3n) is 2.56. The van der Waals surface area contributed by atoms with Gasteiger partial charge in [-0.1, -0.05) is 5.21 Å². The predicted octanol–water partition coefficient (Wildman–Crippen LogP) is 0.920.